The molecule has 0 radical (unpaired) electrons. The van der Waals surface area contributed by atoms with Crippen LogP contribution in [0.1, 0.15) is 24.1 Å². The molecule has 2 aromatic heterocycles. The van der Waals surface area contributed by atoms with Crippen molar-refractivity contribution in [2.45, 2.75) is 19.4 Å². The maximum atomic E-state index is 3.98. The Balaban J connectivity index is 1.74. The van der Waals surface area contributed by atoms with Gasteiger partial charge in [0.1, 0.15) is 0 Å². The molecule has 0 aliphatic rings. The van der Waals surface area contributed by atoms with E-state index in [2.05, 4.69) is 39.0 Å². The zero-order valence-electron chi connectivity index (χ0n) is 8.73. The van der Waals surface area contributed by atoms with Gasteiger partial charge in [-0.05, 0) is 28.3 Å². The van der Waals surface area contributed by atoms with E-state index in [1.165, 1.54) is 5.56 Å². The Morgan fingerprint density at radius 2 is 2.53 bits per heavy atom. The van der Waals surface area contributed by atoms with Crippen LogP contribution in [-0.2, 0) is 6.54 Å². The third-order valence-electron chi connectivity index (χ3n) is 2.43. The first-order chi connectivity index (χ1) is 7.36. The Bertz CT molecular complexity index is 366. The lowest BCUT2D eigenvalue weighted by molar-refractivity contribution is 0.611. The number of aromatic amines is 1. The van der Waals surface area contributed by atoms with Crippen LogP contribution in [0.2, 0.25) is 0 Å². The second kappa shape index (κ2) is 5.09. The van der Waals surface area contributed by atoms with Crippen LogP contribution in [0.5, 0.6) is 0 Å². The number of rotatable bonds is 5. The lowest BCUT2D eigenvalue weighted by Gasteiger charge is -2.10. The molecule has 0 aliphatic heterocycles. The van der Waals surface area contributed by atoms with Crippen molar-refractivity contribution in [1.82, 2.24) is 15.3 Å². The molecular formula is C11H15N3S. The summed E-state index contributed by atoms with van der Waals surface area (Å²) in [6, 6.07) is 2.19. The highest BCUT2D eigenvalue weighted by Gasteiger charge is 2.04. The molecule has 2 aromatic rings. The predicted molar refractivity (Wildman–Crippen MR) is 63.0 cm³/mol. The molecule has 0 aliphatic carbocycles. The van der Waals surface area contributed by atoms with E-state index < -0.39 is 0 Å². The van der Waals surface area contributed by atoms with Gasteiger partial charge in [-0.25, -0.2) is 4.98 Å². The molecule has 2 rings (SSSR count). The molecule has 4 heteroatoms. The highest BCUT2D eigenvalue weighted by atomic mass is 32.1. The number of aromatic nitrogens is 2. The summed E-state index contributed by atoms with van der Waals surface area (Å²) in [5.41, 5.74) is 2.55. The van der Waals surface area contributed by atoms with Gasteiger partial charge >= 0.3 is 0 Å². The molecule has 0 fully saturated rings. The Kier molecular flexibility index (Phi) is 3.53. The summed E-state index contributed by atoms with van der Waals surface area (Å²) < 4.78 is 0. The van der Waals surface area contributed by atoms with E-state index in [-0.39, 0.29) is 0 Å². The quantitative estimate of drug-likeness (QED) is 0.813. The summed E-state index contributed by atoms with van der Waals surface area (Å²) in [5, 5.41) is 7.75. The number of thiophene rings is 1. The molecule has 0 saturated heterocycles. The molecule has 2 heterocycles. The summed E-state index contributed by atoms with van der Waals surface area (Å²) in [5.74, 6) is 0.569. The summed E-state index contributed by atoms with van der Waals surface area (Å²) in [7, 11) is 0. The highest BCUT2D eigenvalue weighted by Crippen LogP contribution is 2.17. The van der Waals surface area contributed by atoms with E-state index in [1.807, 2.05) is 6.20 Å². The van der Waals surface area contributed by atoms with Gasteiger partial charge in [0.2, 0.25) is 0 Å². The van der Waals surface area contributed by atoms with Crippen molar-refractivity contribution >= 4 is 11.3 Å². The van der Waals surface area contributed by atoms with Gasteiger partial charge in [-0.15, -0.1) is 0 Å². The molecule has 0 bridgehead atoms. The molecule has 0 spiro atoms. The predicted octanol–water partition coefficient (Wildman–Crippen LogP) is 2.36. The van der Waals surface area contributed by atoms with Gasteiger partial charge in [-0.2, -0.15) is 11.3 Å². The number of hydrogen-bond donors (Lipinski definition) is 2. The van der Waals surface area contributed by atoms with E-state index in [1.54, 1.807) is 17.7 Å². The number of nitrogens with zero attached hydrogens (tertiary/aromatic N) is 1. The number of imidazole rings is 1. The molecule has 15 heavy (non-hydrogen) atoms. The molecule has 1 atom stereocenters. The fraction of sp³-hybridized carbons (Fsp3) is 0.364. The first kappa shape index (κ1) is 10.4. The smallest absolute Gasteiger partial charge is 0.0922 e. The van der Waals surface area contributed by atoms with Crippen molar-refractivity contribution in [1.29, 1.82) is 0 Å². The monoisotopic (exact) mass is 221 g/mol. The van der Waals surface area contributed by atoms with Crippen molar-refractivity contribution in [3.8, 4) is 0 Å². The summed E-state index contributed by atoms with van der Waals surface area (Å²) >= 11 is 1.76. The van der Waals surface area contributed by atoms with E-state index in [0.717, 1.165) is 18.8 Å². The maximum absolute atomic E-state index is 3.98. The second-order valence-electron chi connectivity index (χ2n) is 3.67. The number of hydrogen-bond acceptors (Lipinski definition) is 3. The Labute approximate surface area is 93.6 Å². The minimum absolute atomic E-state index is 0.569. The van der Waals surface area contributed by atoms with Crippen LogP contribution >= 0.6 is 11.3 Å². The largest absolute Gasteiger partial charge is 0.347 e. The van der Waals surface area contributed by atoms with Crippen molar-refractivity contribution in [3.63, 3.8) is 0 Å². The average Bonchev–Trinajstić information content (AvgIpc) is 2.90. The normalized spacial score (nSPS) is 12.9. The molecule has 0 saturated carbocycles. The third-order valence-corrected chi connectivity index (χ3v) is 3.13. The highest BCUT2D eigenvalue weighted by molar-refractivity contribution is 7.07. The first-order valence-corrected chi connectivity index (χ1v) is 6.00. The molecule has 80 valence electrons. The van der Waals surface area contributed by atoms with Gasteiger partial charge in [-0.3, -0.25) is 0 Å². The SMILES string of the molecule is CC(CNCc1cnc[nH]1)c1ccsc1. The van der Waals surface area contributed by atoms with Crippen LogP contribution in [0.15, 0.2) is 29.4 Å². The number of H-pyrrole nitrogens is 1. The van der Waals surface area contributed by atoms with Crippen molar-refractivity contribution in [2.24, 2.45) is 0 Å². The minimum atomic E-state index is 0.569. The molecule has 0 aromatic carbocycles. The molecule has 2 N–H and O–H groups in total. The van der Waals surface area contributed by atoms with Crippen molar-refractivity contribution in [2.75, 3.05) is 6.54 Å². The van der Waals surface area contributed by atoms with Crippen LogP contribution in [-0.4, -0.2) is 16.5 Å². The van der Waals surface area contributed by atoms with Crippen LogP contribution in [0, 0.1) is 0 Å². The Hall–Kier alpha value is -1.13. The average molecular weight is 221 g/mol. The lowest BCUT2D eigenvalue weighted by atomic mass is 10.1. The van der Waals surface area contributed by atoms with Gasteiger partial charge in [0, 0.05) is 25.0 Å². The van der Waals surface area contributed by atoms with Gasteiger partial charge < -0.3 is 10.3 Å². The topological polar surface area (TPSA) is 40.7 Å². The summed E-state index contributed by atoms with van der Waals surface area (Å²) in [6.45, 7) is 4.09. The molecule has 1 unspecified atom stereocenters. The van der Waals surface area contributed by atoms with Crippen molar-refractivity contribution < 1.29 is 0 Å². The fourth-order valence-electron chi connectivity index (χ4n) is 1.48. The Morgan fingerprint density at radius 1 is 1.60 bits per heavy atom. The van der Waals surface area contributed by atoms with Crippen LogP contribution in [0.25, 0.3) is 0 Å². The van der Waals surface area contributed by atoms with Gasteiger partial charge in [0.25, 0.3) is 0 Å². The van der Waals surface area contributed by atoms with Gasteiger partial charge in [0.05, 0.1) is 6.33 Å². The third kappa shape index (κ3) is 2.91. The van der Waals surface area contributed by atoms with Gasteiger partial charge in [0.15, 0.2) is 0 Å². The zero-order valence-corrected chi connectivity index (χ0v) is 9.55. The van der Waals surface area contributed by atoms with Gasteiger partial charge in [-0.1, -0.05) is 6.92 Å². The van der Waals surface area contributed by atoms with E-state index in [9.17, 15) is 0 Å². The number of nitrogens with one attached hydrogen (secondary N) is 2. The molecule has 3 nitrogen and oxygen atoms in total. The molecular weight excluding hydrogens is 206 g/mol. The first-order valence-electron chi connectivity index (χ1n) is 5.06. The fourth-order valence-corrected chi connectivity index (χ4v) is 2.26. The van der Waals surface area contributed by atoms with Crippen LogP contribution in [0.3, 0.4) is 0 Å². The van der Waals surface area contributed by atoms with E-state index in [0.29, 0.717) is 5.92 Å². The van der Waals surface area contributed by atoms with E-state index in [4.69, 9.17) is 0 Å². The van der Waals surface area contributed by atoms with E-state index >= 15 is 0 Å². The minimum Gasteiger partial charge on any atom is -0.347 e. The summed E-state index contributed by atoms with van der Waals surface area (Å²) in [6.07, 6.45) is 3.56. The lowest BCUT2D eigenvalue weighted by Crippen LogP contribution is -2.19. The Morgan fingerprint density at radius 3 is 3.20 bits per heavy atom. The zero-order chi connectivity index (χ0) is 10.5. The van der Waals surface area contributed by atoms with Crippen LogP contribution < -0.4 is 5.32 Å². The molecule has 0 amide bonds. The van der Waals surface area contributed by atoms with Crippen molar-refractivity contribution in [3.05, 3.63) is 40.6 Å². The maximum Gasteiger partial charge on any atom is 0.0922 e. The standard InChI is InChI=1S/C11H15N3S/c1-9(10-2-3-15-7-10)4-12-5-11-6-13-8-14-11/h2-3,6-9,12H,4-5H2,1H3,(H,13,14). The van der Waals surface area contributed by atoms with Crippen LogP contribution in [0.4, 0.5) is 0 Å². The summed E-state index contributed by atoms with van der Waals surface area (Å²) in [4.78, 5) is 7.05. The second-order valence-corrected chi connectivity index (χ2v) is 4.45.